The van der Waals surface area contributed by atoms with E-state index >= 15 is 0 Å². The van der Waals surface area contributed by atoms with Crippen LogP contribution in [0.2, 0.25) is 5.02 Å². The maximum atomic E-state index is 13.4. The van der Waals surface area contributed by atoms with Crippen molar-refractivity contribution in [2.75, 3.05) is 19.6 Å². The van der Waals surface area contributed by atoms with E-state index in [4.69, 9.17) is 11.6 Å². The average molecular weight is 612 g/mol. The number of carbonyl (C=O) groups excluding carboxylic acids is 2. The Morgan fingerprint density at radius 3 is 2.64 bits per heavy atom. The summed E-state index contributed by atoms with van der Waals surface area (Å²) in [5.74, 6) is -0.665. The summed E-state index contributed by atoms with van der Waals surface area (Å²) in [5.41, 5.74) is 3.27. The first kappa shape index (κ1) is 27.1. The molecule has 1 atom stereocenters. The molecule has 1 aliphatic rings. The van der Waals surface area contributed by atoms with E-state index in [-0.39, 0.29) is 29.5 Å². The summed E-state index contributed by atoms with van der Waals surface area (Å²) in [7, 11) is 0. The van der Waals surface area contributed by atoms with Gasteiger partial charge in [0.1, 0.15) is 17.8 Å². The zero-order valence-electron chi connectivity index (χ0n) is 21.9. The SMILES string of the molecule is CCn1cc(C(=O)N2CCN(Cc3cn([C@@H](C)c4ccc(Br)c(C)c4)nn3)C(=O)C2)c(=O)c2cc(Cl)ccc21. The number of fused-ring (bicyclic) bond motifs is 1. The van der Waals surface area contributed by atoms with Crippen LogP contribution < -0.4 is 5.43 Å². The topological polar surface area (TPSA) is 93.3 Å². The van der Waals surface area contributed by atoms with Gasteiger partial charge in [0.05, 0.1) is 24.3 Å². The van der Waals surface area contributed by atoms with Crippen LogP contribution in [0, 0.1) is 6.92 Å². The van der Waals surface area contributed by atoms with Gasteiger partial charge in [-0.15, -0.1) is 5.10 Å². The molecular weight excluding hydrogens is 584 g/mol. The van der Waals surface area contributed by atoms with Crippen LogP contribution in [-0.2, 0) is 17.9 Å². The van der Waals surface area contributed by atoms with Crippen molar-refractivity contribution in [1.29, 1.82) is 0 Å². The predicted octanol–water partition coefficient (Wildman–Crippen LogP) is 4.43. The number of hydrogen-bond donors (Lipinski definition) is 0. The molecule has 0 bridgehead atoms. The summed E-state index contributed by atoms with van der Waals surface area (Å²) in [6.45, 7) is 7.43. The monoisotopic (exact) mass is 610 g/mol. The molecule has 11 heteroatoms. The highest BCUT2D eigenvalue weighted by Crippen LogP contribution is 2.24. The van der Waals surface area contributed by atoms with Crippen molar-refractivity contribution in [3.63, 3.8) is 0 Å². The second-order valence-corrected chi connectivity index (χ2v) is 11.0. The third kappa shape index (κ3) is 5.35. The van der Waals surface area contributed by atoms with Gasteiger partial charge in [-0.25, -0.2) is 4.68 Å². The first-order valence-corrected chi connectivity index (χ1v) is 13.9. The van der Waals surface area contributed by atoms with Crippen molar-refractivity contribution >= 4 is 50.2 Å². The van der Waals surface area contributed by atoms with Gasteiger partial charge in [-0.05, 0) is 56.2 Å². The van der Waals surface area contributed by atoms with E-state index in [1.807, 2.05) is 43.7 Å². The summed E-state index contributed by atoms with van der Waals surface area (Å²) in [4.78, 5) is 42.7. The molecule has 4 aromatic rings. The first-order chi connectivity index (χ1) is 18.7. The van der Waals surface area contributed by atoms with E-state index in [2.05, 4.69) is 32.3 Å². The standard InChI is InChI=1S/C28H28BrClN6O3/c1-4-33-15-23(27(38)22-12-20(30)6-8-25(22)33)28(39)35-10-9-34(26(37)16-35)13-21-14-36(32-31-21)18(3)19-5-7-24(29)17(2)11-19/h5-8,11-12,14-15,18H,4,9-10,13,16H2,1-3H3/t18-/m0/s1. The first-order valence-electron chi connectivity index (χ1n) is 12.7. The number of carbonyl (C=O) groups is 2. The van der Waals surface area contributed by atoms with Gasteiger partial charge in [0.2, 0.25) is 11.3 Å². The number of aryl methyl sites for hydroxylation is 2. The van der Waals surface area contributed by atoms with Crippen LogP contribution in [-0.4, -0.2) is 60.8 Å². The molecule has 2 amide bonds. The number of pyridine rings is 1. The average Bonchev–Trinajstić information content (AvgIpc) is 3.39. The Morgan fingerprint density at radius 1 is 1.13 bits per heavy atom. The van der Waals surface area contributed by atoms with E-state index in [0.717, 1.165) is 15.6 Å². The fourth-order valence-corrected chi connectivity index (χ4v) is 5.27. The Kier molecular flexibility index (Phi) is 7.59. The molecule has 0 spiro atoms. The summed E-state index contributed by atoms with van der Waals surface area (Å²) in [6, 6.07) is 11.2. The molecule has 0 N–H and O–H groups in total. The Morgan fingerprint density at radius 2 is 1.92 bits per heavy atom. The lowest BCUT2D eigenvalue weighted by Crippen LogP contribution is -2.52. The van der Waals surface area contributed by atoms with Crippen LogP contribution in [0.4, 0.5) is 0 Å². The lowest BCUT2D eigenvalue weighted by Gasteiger charge is -2.34. The number of piperazine rings is 1. The fraction of sp³-hybridized carbons (Fsp3) is 0.321. The van der Waals surface area contributed by atoms with Crippen molar-refractivity contribution in [2.24, 2.45) is 0 Å². The van der Waals surface area contributed by atoms with E-state index < -0.39 is 5.91 Å². The van der Waals surface area contributed by atoms with E-state index in [0.29, 0.717) is 47.8 Å². The second kappa shape index (κ2) is 10.9. The molecule has 1 saturated heterocycles. The van der Waals surface area contributed by atoms with Gasteiger partial charge in [-0.2, -0.15) is 0 Å². The Bertz CT molecular complexity index is 1650. The zero-order valence-corrected chi connectivity index (χ0v) is 24.2. The van der Waals surface area contributed by atoms with Crippen LogP contribution >= 0.6 is 27.5 Å². The molecule has 1 fully saturated rings. The maximum absolute atomic E-state index is 13.4. The molecule has 2 aromatic heterocycles. The van der Waals surface area contributed by atoms with Crippen molar-refractivity contribution < 1.29 is 9.59 Å². The Balaban J connectivity index is 1.28. The number of nitrogens with zero attached hydrogens (tertiary/aromatic N) is 6. The number of hydrogen-bond acceptors (Lipinski definition) is 5. The molecule has 0 unspecified atom stereocenters. The van der Waals surface area contributed by atoms with Crippen LogP contribution in [0.25, 0.3) is 10.9 Å². The molecule has 0 aliphatic carbocycles. The second-order valence-electron chi connectivity index (χ2n) is 9.74. The molecule has 202 valence electrons. The third-order valence-corrected chi connectivity index (χ3v) is 8.32. The highest BCUT2D eigenvalue weighted by Gasteiger charge is 2.30. The molecule has 9 nitrogen and oxygen atoms in total. The number of halogens is 2. The number of rotatable bonds is 6. The summed E-state index contributed by atoms with van der Waals surface area (Å²) in [5, 5.41) is 9.37. The Hall–Kier alpha value is -3.50. The van der Waals surface area contributed by atoms with E-state index in [9.17, 15) is 14.4 Å². The van der Waals surface area contributed by atoms with Gasteiger partial charge in [0.25, 0.3) is 5.91 Å². The van der Waals surface area contributed by atoms with Crippen molar-refractivity contribution in [2.45, 2.75) is 39.9 Å². The normalized spacial score (nSPS) is 14.7. The van der Waals surface area contributed by atoms with Crippen LogP contribution in [0.5, 0.6) is 0 Å². The lowest BCUT2D eigenvalue weighted by atomic mass is 10.1. The molecule has 39 heavy (non-hydrogen) atoms. The van der Waals surface area contributed by atoms with Gasteiger partial charge in [-0.3, -0.25) is 14.4 Å². The molecule has 5 rings (SSSR count). The van der Waals surface area contributed by atoms with Gasteiger partial charge >= 0.3 is 0 Å². The molecule has 3 heterocycles. The number of aromatic nitrogens is 4. The minimum atomic E-state index is -0.457. The van der Waals surface area contributed by atoms with E-state index in [1.54, 1.807) is 34.0 Å². The third-order valence-electron chi connectivity index (χ3n) is 7.19. The quantitative estimate of drug-likeness (QED) is 0.322. The summed E-state index contributed by atoms with van der Waals surface area (Å²) in [6.07, 6.45) is 3.42. The molecule has 2 aromatic carbocycles. The number of amides is 2. The highest BCUT2D eigenvalue weighted by atomic mass is 79.9. The molecular formula is C28H28BrClN6O3. The van der Waals surface area contributed by atoms with Gasteiger partial charge in [-0.1, -0.05) is 44.9 Å². The van der Waals surface area contributed by atoms with Crippen LogP contribution in [0.15, 0.2) is 58.1 Å². The minimum absolute atomic E-state index is 0.0211. The van der Waals surface area contributed by atoms with Crippen molar-refractivity contribution in [3.8, 4) is 0 Å². The number of benzene rings is 2. The zero-order chi connectivity index (χ0) is 27.8. The predicted molar refractivity (Wildman–Crippen MR) is 153 cm³/mol. The fourth-order valence-electron chi connectivity index (χ4n) is 4.85. The van der Waals surface area contributed by atoms with Gasteiger partial charge in [0.15, 0.2) is 0 Å². The molecule has 0 saturated carbocycles. The van der Waals surface area contributed by atoms with Crippen molar-refractivity contribution in [3.05, 3.63) is 90.9 Å². The van der Waals surface area contributed by atoms with Crippen LogP contribution in [0.3, 0.4) is 0 Å². The van der Waals surface area contributed by atoms with E-state index in [1.165, 1.54) is 4.90 Å². The largest absolute Gasteiger partial charge is 0.347 e. The minimum Gasteiger partial charge on any atom is -0.347 e. The Labute approximate surface area is 239 Å². The van der Waals surface area contributed by atoms with Gasteiger partial charge in [0, 0.05) is 40.7 Å². The van der Waals surface area contributed by atoms with Crippen molar-refractivity contribution in [1.82, 2.24) is 29.4 Å². The summed E-state index contributed by atoms with van der Waals surface area (Å²) < 4.78 is 4.68. The highest BCUT2D eigenvalue weighted by molar-refractivity contribution is 9.10. The van der Waals surface area contributed by atoms with Gasteiger partial charge < -0.3 is 14.4 Å². The molecule has 1 aliphatic heterocycles. The lowest BCUT2D eigenvalue weighted by molar-refractivity contribution is -0.135. The summed E-state index contributed by atoms with van der Waals surface area (Å²) >= 11 is 9.65. The van der Waals surface area contributed by atoms with Crippen LogP contribution in [0.1, 0.15) is 47.1 Å². The smallest absolute Gasteiger partial charge is 0.259 e. The molecule has 0 radical (unpaired) electrons. The maximum Gasteiger partial charge on any atom is 0.259 e.